The van der Waals surface area contributed by atoms with Crippen LogP contribution in [0.4, 0.5) is 0 Å². The third kappa shape index (κ3) is 7.98. The average Bonchev–Trinajstić information content (AvgIpc) is 2.79. The number of phenolic OH excluding ortho intramolecular Hbond substituents is 1. The van der Waals surface area contributed by atoms with Gasteiger partial charge in [-0.05, 0) is 48.9 Å². The van der Waals surface area contributed by atoms with E-state index < -0.39 is 0 Å². The number of carbonyl (C=O) groups is 1. The Morgan fingerprint density at radius 3 is 2.06 bits per heavy atom. The van der Waals surface area contributed by atoms with Crippen LogP contribution in [-0.4, -0.2) is 57.9 Å². The molecule has 2 aromatic rings. The molecule has 9 nitrogen and oxygen atoms in total. The molecule has 0 aliphatic heterocycles. The van der Waals surface area contributed by atoms with Gasteiger partial charge in [0.25, 0.3) is 5.91 Å². The van der Waals surface area contributed by atoms with Gasteiger partial charge in [-0.15, -0.1) is 24.0 Å². The highest BCUT2D eigenvalue weighted by Gasteiger charge is 2.13. The Hall–Kier alpha value is -2.89. The molecule has 0 aliphatic rings. The molecule has 0 bridgehead atoms. The quantitative estimate of drug-likeness (QED) is 0.154. The SMILES string of the molecule is CCNC(=NCc1cc(OC)c(OC)c(OC)c1)NCCNC(=O)c1ccc(O)cc1.I. The predicted octanol–water partition coefficient (Wildman–Crippen LogP) is 2.52. The van der Waals surface area contributed by atoms with E-state index in [1.54, 1.807) is 33.5 Å². The Balaban J connectivity index is 0.00000512. The summed E-state index contributed by atoms with van der Waals surface area (Å²) in [5.74, 6) is 2.21. The molecule has 176 valence electrons. The average molecular weight is 558 g/mol. The van der Waals surface area contributed by atoms with Gasteiger partial charge < -0.3 is 35.3 Å². The summed E-state index contributed by atoms with van der Waals surface area (Å²) in [4.78, 5) is 16.7. The van der Waals surface area contributed by atoms with Crippen molar-refractivity contribution in [1.82, 2.24) is 16.0 Å². The van der Waals surface area contributed by atoms with Crippen LogP contribution in [-0.2, 0) is 6.54 Å². The van der Waals surface area contributed by atoms with Gasteiger partial charge in [-0.3, -0.25) is 4.79 Å². The van der Waals surface area contributed by atoms with Gasteiger partial charge in [-0.2, -0.15) is 0 Å². The Labute approximate surface area is 205 Å². The third-order valence-corrected chi connectivity index (χ3v) is 4.32. The Bertz CT molecular complexity index is 865. The molecule has 2 rings (SSSR count). The molecule has 0 spiro atoms. The summed E-state index contributed by atoms with van der Waals surface area (Å²) in [7, 11) is 4.71. The zero-order valence-corrected chi connectivity index (χ0v) is 21.1. The van der Waals surface area contributed by atoms with Crippen LogP contribution in [0.1, 0.15) is 22.8 Å². The van der Waals surface area contributed by atoms with Gasteiger partial charge in [-0.1, -0.05) is 0 Å². The number of benzene rings is 2. The van der Waals surface area contributed by atoms with Crippen molar-refractivity contribution in [2.45, 2.75) is 13.5 Å². The number of hydrogen-bond donors (Lipinski definition) is 4. The summed E-state index contributed by atoms with van der Waals surface area (Å²) in [5, 5.41) is 18.5. The largest absolute Gasteiger partial charge is 0.508 e. The monoisotopic (exact) mass is 558 g/mol. The number of aromatic hydroxyl groups is 1. The lowest BCUT2D eigenvalue weighted by Gasteiger charge is -2.14. The van der Waals surface area contributed by atoms with Crippen LogP contribution in [0, 0.1) is 0 Å². The molecule has 0 aromatic heterocycles. The van der Waals surface area contributed by atoms with Crippen LogP contribution >= 0.6 is 24.0 Å². The van der Waals surface area contributed by atoms with Crippen LogP contribution in [0.3, 0.4) is 0 Å². The van der Waals surface area contributed by atoms with Crippen molar-refractivity contribution in [2.75, 3.05) is 41.0 Å². The molecule has 0 saturated carbocycles. The predicted molar refractivity (Wildman–Crippen MR) is 135 cm³/mol. The number of phenols is 1. The first kappa shape index (κ1) is 27.1. The van der Waals surface area contributed by atoms with Crippen molar-refractivity contribution >= 4 is 35.8 Å². The van der Waals surface area contributed by atoms with Crippen LogP contribution in [0.5, 0.6) is 23.0 Å². The van der Waals surface area contributed by atoms with E-state index in [2.05, 4.69) is 20.9 Å². The van der Waals surface area contributed by atoms with E-state index in [1.165, 1.54) is 12.1 Å². The Morgan fingerprint density at radius 2 is 1.53 bits per heavy atom. The molecule has 0 fully saturated rings. The molecular formula is C22H31IN4O5. The highest BCUT2D eigenvalue weighted by molar-refractivity contribution is 14.0. The molecule has 32 heavy (non-hydrogen) atoms. The summed E-state index contributed by atoms with van der Waals surface area (Å²) in [6.45, 7) is 3.97. The first-order chi connectivity index (χ1) is 15.0. The van der Waals surface area contributed by atoms with Crippen molar-refractivity contribution in [1.29, 1.82) is 0 Å². The first-order valence-electron chi connectivity index (χ1n) is 9.90. The second-order valence-electron chi connectivity index (χ2n) is 6.46. The molecule has 4 N–H and O–H groups in total. The number of ether oxygens (including phenoxy) is 3. The Morgan fingerprint density at radius 1 is 0.938 bits per heavy atom. The molecule has 0 heterocycles. The molecule has 0 atom stereocenters. The number of guanidine groups is 1. The molecule has 0 radical (unpaired) electrons. The minimum Gasteiger partial charge on any atom is -0.508 e. The zero-order chi connectivity index (χ0) is 22.6. The summed E-state index contributed by atoms with van der Waals surface area (Å²) in [6.07, 6.45) is 0. The van der Waals surface area contributed by atoms with Gasteiger partial charge >= 0.3 is 0 Å². The minimum absolute atomic E-state index is 0. The van der Waals surface area contributed by atoms with Crippen molar-refractivity contribution in [3.05, 3.63) is 47.5 Å². The summed E-state index contributed by atoms with van der Waals surface area (Å²) in [6, 6.07) is 9.80. The third-order valence-electron chi connectivity index (χ3n) is 4.32. The maximum Gasteiger partial charge on any atom is 0.251 e. The molecule has 10 heteroatoms. The second-order valence-corrected chi connectivity index (χ2v) is 6.46. The van der Waals surface area contributed by atoms with E-state index in [9.17, 15) is 9.90 Å². The van der Waals surface area contributed by atoms with E-state index in [1.807, 2.05) is 19.1 Å². The first-order valence-corrected chi connectivity index (χ1v) is 9.90. The van der Waals surface area contributed by atoms with Crippen LogP contribution < -0.4 is 30.2 Å². The number of nitrogens with one attached hydrogen (secondary N) is 3. The number of carbonyl (C=O) groups excluding carboxylic acids is 1. The fraction of sp³-hybridized carbons (Fsp3) is 0.364. The summed E-state index contributed by atoms with van der Waals surface area (Å²) < 4.78 is 16.1. The van der Waals surface area contributed by atoms with Gasteiger partial charge in [0.2, 0.25) is 5.75 Å². The summed E-state index contributed by atoms with van der Waals surface area (Å²) in [5.41, 5.74) is 1.38. The van der Waals surface area contributed by atoms with E-state index in [4.69, 9.17) is 14.2 Å². The fourth-order valence-corrected chi connectivity index (χ4v) is 2.81. The summed E-state index contributed by atoms with van der Waals surface area (Å²) >= 11 is 0. The maximum atomic E-state index is 12.1. The number of rotatable bonds is 10. The van der Waals surface area contributed by atoms with Crippen molar-refractivity contribution in [3.63, 3.8) is 0 Å². The lowest BCUT2D eigenvalue weighted by Crippen LogP contribution is -2.41. The number of aliphatic imine (C=N–C) groups is 1. The van der Waals surface area contributed by atoms with E-state index >= 15 is 0 Å². The number of nitrogens with zero attached hydrogens (tertiary/aromatic N) is 1. The lowest BCUT2D eigenvalue weighted by atomic mass is 10.2. The van der Waals surface area contributed by atoms with E-state index in [-0.39, 0.29) is 35.6 Å². The van der Waals surface area contributed by atoms with Crippen LogP contribution in [0.15, 0.2) is 41.4 Å². The second kappa shape index (κ2) is 14.2. The van der Waals surface area contributed by atoms with Crippen LogP contribution in [0.25, 0.3) is 0 Å². The molecule has 0 unspecified atom stereocenters. The van der Waals surface area contributed by atoms with Gasteiger partial charge in [0.05, 0.1) is 27.9 Å². The van der Waals surface area contributed by atoms with E-state index in [0.717, 1.165) is 5.56 Å². The molecule has 0 aliphatic carbocycles. The maximum absolute atomic E-state index is 12.1. The van der Waals surface area contributed by atoms with Crippen molar-refractivity contribution in [2.24, 2.45) is 4.99 Å². The lowest BCUT2D eigenvalue weighted by molar-refractivity contribution is 0.0954. The highest BCUT2D eigenvalue weighted by Crippen LogP contribution is 2.38. The van der Waals surface area contributed by atoms with Gasteiger partial charge in [0.1, 0.15) is 5.75 Å². The van der Waals surface area contributed by atoms with Gasteiger partial charge in [0.15, 0.2) is 17.5 Å². The number of methoxy groups -OCH3 is 3. The normalized spacial score (nSPS) is 10.6. The Kier molecular flexibility index (Phi) is 12.1. The van der Waals surface area contributed by atoms with Crippen molar-refractivity contribution < 1.29 is 24.1 Å². The minimum atomic E-state index is -0.207. The number of amides is 1. The molecule has 0 saturated heterocycles. The van der Waals surface area contributed by atoms with Crippen molar-refractivity contribution in [3.8, 4) is 23.0 Å². The topological polar surface area (TPSA) is 113 Å². The number of hydrogen-bond acceptors (Lipinski definition) is 6. The molecular weight excluding hydrogens is 527 g/mol. The number of halogens is 1. The standard InChI is InChI=1S/C22H30N4O5.HI/c1-5-23-22(25-11-10-24-21(28)16-6-8-17(27)9-7-16)26-14-15-12-18(29-2)20(31-4)19(13-15)30-3;/h6-9,12-13,27H,5,10-11,14H2,1-4H3,(H,24,28)(H2,23,25,26);1H. The highest BCUT2D eigenvalue weighted by atomic mass is 127. The van der Waals surface area contributed by atoms with Gasteiger partial charge in [0, 0.05) is 25.2 Å². The van der Waals surface area contributed by atoms with Crippen LogP contribution in [0.2, 0.25) is 0 Å². The fourth-order valence-electron chi connectivity index (χ4n) is 2.81. The van der Waals surface area contributed by atoms with Gasteiger partial charge in [-0.25, -0.2) is 4.99 Å². The zero-order valence-electron chi connectivity index (χ0n) is 18.7. The smallest absolute Gasteiger partial charge is 0.251 e. The van der Waals surface area contributed by atoms with E-state index in [0.29, 0.717) is 55.0 Å². The molecule has 2 aromatic carbocycles. The molecule has 1 amide bonds.